The summed E-state index contributed by atoms with van der Waals surface area (Å²) in [7, 11) is 0. The maximum absolute atomic E-state index is 13.6. The van der Waals surface area contributed by atoms with Crippen LogP contribution in [-0.4, -0.2) is 16.5 Å². The molecule has 2 aromatic rings. The van der Waals surface area contributed by atoms with Crippen molar-refractivity contribution in [2.24, 2.45) is 0 Å². The molecule has 6 heteroatoms. The van der Waals surface area contributed by atoms with Gasteiger partial charge in [-0.1, -0.05) is 0 Å². The Morgan fingerprint density at radius 2 is 2.08 bits per heavy atom. The Hall–Kier alpha value is -2.76. The molecule has 0 fully saturated rings. The van der Waals surface area contributed by atoms with E-state index in [1.165, 1.54) is 0 Å². The lowest BCUT2D eigenvalue weighted by atomic mass is 10.1. The Bertz CT molecular complexity index is 818. The second kappa shape index (κ2) is 6.78. The first-order valence-corrected chi connectivity index (χ1v) is 7.54. The minimum absolute atomic E-state index is 0.0456. The quantitative estimate of drug-likeness (QED) is 0.853. The van der Waals surface area contributed by atoms with Crippen LogP contribution in [0.25, 0.3) is 0 Å². The van der Waals surface area contributed by atoms with Gasteiger partial charge in [0.25, 0.3) is 0 Å². The van der Waals surface area contributed by atoms with Gasteiger partial charge in [0, 0.05) is 36.4 Å². The molecule has 0 saturated heterocycles. The minimum Gasteiger partial charge on any atom is -0.487 e. The Morgan fingerprint density at radius 3 is 2.79 bits per heavy atom. The van der Waals surface area contributed by atoms with E-state index in [2.05, 4.69) is 14.9 Å². The van der Waals surface area contributed by atoms with E-state index in [9.17, 15) is 8.78 Å². The number of pyridine rings is 2. The van der Waals surface area contributed by atoms with E-state index in [1.54, 1.807) is 6.20 Å². The number of hydrogen-bond acceptors (Lipinski definition) is 4. The molecule has 0 bridgehead atoms. The molecule has 0 N–H and O–H groups in total. The highest BCUT2D eigenvalue weighted by atomic mass is 19.1. The van der Waals surface area contributed by atoms with Gasteiger partial charge in [-0.3, -0.25) is 9.97 Å². The van der Waals surface area contributed by atoms with Crippen molar-refractivity contribution >= 4 is 5.69 Å². The maximum atomic E-state index is 13.6. The predicted octanol–water partition coefficient (Wildman–Crippen LogP) is 3.89. The van der Waals surface area contributed by atoms with E-state index in [-0.39, 0.29) is 12.3 Å². The molecular weight excluding hydrogens is 312 g/mol. The van der Waals surface area contributed by atoms with Gasteiger partial charge in [-0.2, -0.15) is 0 Å². The molecule has 0 unspecified atom stereocenters. The van der Waals surface area contributed by atoms with Crippen molar-refractivity contribution in [1.29, 1.82) is 0 Å². The number of nitrogens with zero attached hydrogens (tertiary/aromatic N) is 3. The highest BCUT2D eigenvalue weighted by Crippen LogP contribution is 2.26. The molecular formula is C18H17F2N3O. The summed E-state index contributed by atoms with van der Waals surface area (Å²) < 4.78 is 32.0. The Morgan fingerprint density at radius 1 is 1.25 bits per heavy atom. The molecule has 0 aliphatic carbocycles. The van der Waals surface area contributed by atoms with Crippen LogP contribution in [0.2, 0.25) is 0 Å². The van der Waals surface area contributed by atoms with Crippen LogP contribution in [-0.2, 0) is 11.3 Å². The molecule has 124 valence electrons. The Labute approximate surface area is 139 Å². The fourth-order valence-corrected chi connectivity index (χ4v) is 2.53. The summed E-state index contributed by atoms with van der Waals surface area (Å²) in [5.74, 6) is -0.769. The van der Waals surface area contributed by atoms with Gasteiger partial charge in [-0.05, 0) is 37.6 Å². The number of ether oxygens (including phenoxy) is 1. The number of allylic oxidation sites excluding steroid dienone is 2. The second-order valence-electron chi connectivity index (χ2n) is 5.54. The zero-order valence-electron chi connectivity index (χ0n) is 13.5. The van der Waals surface area contributed by atoms with Gasteiger partial charge in [0.2, 0.25) is 0 Å². The Kier molecular flexibility index (Phi) is 4.55. The maximum Gasteiger partial charge on any atom is 0.151 e. The van der Waals surface area contributed by atoms with Crippen molar-refractivity contribution in [3.63, 3.8) is 0 Å². The highest BCUT2D eigenvalue weighted by Gasteiger charge is 2.15. The first kappa shape index (κ1) is 16.1. The molecule has 3 rings (SSSR count). The zero-order valence-corrected chi connectivity index (χ0v) is 13.5. The lowest BCUT2D eigenvalue weighted by Crippen LogP contribution is -2.25. The van der Waals surface area contributed by atoms with Crippen molar-refractivity contribution in [3.05, 3.63) is 77.2 Å². The number of hydrogen-bond donors (Lipinski definition) is 0. The summed E-state index contributed by atoms with van der Waals surface area (Å²) in [6, 6.07) is 2.76. The molecule has 1 aliphatic rings. The first-order chi connectivity index (χ1) is 11.5. The van der Waals surface area contributed by atoms with Crippen LogP contribution in [0.3, 0.4) is 0 Å². The summed E-state index contributed by atoms with van der Waals surface area (Å²) in [4.78, 5) is 9.96. The summed E-state index contributed by atoms with van der Waals surface area (Å²) >= 11 is 0. The molecule has 1 aliphatic heterocycles. The summed E-state index contributed by atoms with van der Waals surface area (Å²) in [5, 5.41) is 0. The fourth-order valence-electron chi connectivity index (χ4n) is 2.53. The lowest BCUT2D eigenvalue weighted by molar-refractivity contribution is 0.201. The van der Waals surface area contributed by atoms with Gasteiger partial charge in [0.1, 0.15) is 23.9 Å². The van der Waals surface area contributed by atoms with E-state index in [1.807, 2.05) is 38.3 Å². The zero-order chi connectivity index (χ0) is 17.1. The van der Waals surface area contributed by atoms with Crippen LogP contribution >= 0.6 is 0 Å². The van der Waals surface area contributed by atoms with Gasteiger partial charge < -0.3 is 9.64 Å². The van der Waals surface area contributed by atoms with E-state index >= 15 is 0 Å². The first-order valence-electron chi connectivity index (χ1n) is 7.54. The second-order valence-corrected chi connectivity index (χ2v) is 5.54. The minimum atomic E-state index is -0.707. The van der Waals surface area contributed by atoms with Gasteiger partial charge in [0.05, 0.1) is 6.20 Å². The van der Waals surface area contributed by atoms with Crippen LogP contribution in [0.15, 0.2) is 54.3 Å². The number of aromatic nitrogens is 2. The average Bonchev–Trinajstić information content (AvgIpc) is 2.55. The molecule has 4 nitrogen and oxygen atoms in total. The normalized spacial score (nSPS) is 14.2. The SMILES string of the molecule is CC1=CC(OCc2ncc(F)cc2F)=CCN1c1ccncc1C. The van der Waals surface area contributed by atoms with Gasteiger partial charge in [0.15, 0.2) is 5.82 Å². The third-order valence-electron chi connectivity index (χ3n) is 3.79. The number of anilines is 1. The Balaban J connectivity index is 1.69. The van der Waals surface area contributed by atoms with Crippen molar-refractivity contribution in [2.45, 2.75) is 20.5 Å². The van der Waals surface area contributed by atoms with Crippen molar-refractivity contribution in [2.75, 3.05) is 11.4 Å². The predicted molar refractivity (Wildman–Crippen MR) is 87.1 cm³/mol. The highest BCUT2D eigenvalue weighted by molar-refractivity contribution is 5.58. The molecule has 0 aromatic carbocycles. The molecule has 2 aromatic heterocycles. The standard InChI is InChI=1S/C18H17F2N3O/c1-12-9-21-5-3-18(12)23-6-4-15(7-13(23)2)24-11-17-16(20)8-14(19)10-22-17/h3-5,7-10H,6,11H2,1-2H3. The number of halogens is 2. The molecule has 24 heavy (non-hydrogen) atoms. The van der Waals surface area contributed by atoms with E-state index in [0.29, 0.717) is 12.3 Å². The fraction of sp³-hybridized carbons (Fsp3) is 0.222. The van der Waals surface area contributed by atoms with Crippen molar-refractivity contribution in [3.8, 4) is 0 Å². The van der Waals surface area contributed by atoms with E-state index in [0.717, 1.165) is 29.2 Å². The summed E-state index contributed by atoms with van der Waals surface area (Å²) in [5.41, 5.74) is 3.26. The molecule has 0 spiro atoms. The van der Waals surface area contributed by atoms with Gasteiger partial charge in [-0.25, -0.2) is 8.78 Å². The van der Waals surface area contributed by atoms with Crippen molar-refractivity contribution < 1.29 is 13.5 Å². The molecule has 0 saturated carbocycles. The summed E-state index contributed by atoms with van der Waals surface area (Å²) in [6.07, 6.45) is 8.35. The van der Waals surface area contributed by atoms with Crippen LogP contribution in [0, 0.1) is 18.6 Å². The number of rotatable bonds is 4. The molecule has 0 radical (unpaired) electrons. The van der Waals surface area contributed by atoms with Crippen LogP contribution < -0.4 is 4.90 Å². The van der Waals surface area contributed by atoms with Gasteiger partial charge >= 0.3 is 0 Å². The largest absolute Gasteiger partial charge is 0.487 e. The van der Waals surface area contributed by atoms with Gasteiger partial charge in [-0.15, -0.1) is 0 Å². The average molecular weight is 329 g/mol. The topological polar surface area (TPSA) is 38.2 Å². The van der Waals surface area contributed by atoms with Crippen LogP contribution in [0.1, 0.15) is 18.2 Å². The van der Waals surface area contributed by atoms with Crippen LogP contribution in [0.4, 0.5) is 14.5 Å². The third kappa shape index (κ3) is 3.42. The molecule has 3 heterocycles. The monoisotopic (exact) mass is 329 g/mol. The molecule has 0 atom stereocenters. The van der Waals surface area contributed by atoms with Crippen molar-refractivity contribution in [1.82, 2.24) is 9.97 Å². The summed E-state index contributed by atoms with van der Waals surface area (Å²) in [6.45, 7) is 4.58. The van der Waals surface area contributed by atoms with E-state index in [4.69, 9.17) is 4.74 Å². The number of aryl methyl sites for hydroxylation is 1. The van der Waals surface area contributed by atoms with E-state index < -0.39 is 11.6 Å². The van der Waals surface area contributed by atoms with Crippen LogP contribution in [0.5, 0.6) is 0 Å². The smallest absolute Gasteiger partial charge is 0.151 e. The molecule has 0 amide bonds. The lowest BCUT2D eigenvalue weighted by Gasteiger charge is -2.29. The third-order valence-corrected chi connectivity index (χ3v) is 3.79.